The zero-order valence-electron chi connectivity index (χ0n) is 10.0. The van der Waals surface area contributed by atoms with Crippen LogP contribution in [0, 0.1) is 0 Å². The second-order valence-corrected chi connectivity index (χ2v) is 3.81. The molecule has 16 heavy (non-hydrogen) atoms. The molecular formula is C11H17N5. The van der Waals surface area contributed by atoms with Gasteiger partial charge in [0.2, 0.25) is 0 Å². The van der Waals surface area contributed by atoms with Crippen molar-refractivity contribution < 1.29 is 0 Å². The van der Waals surface area contributed by atoms with Gasteiger partial charge in [0.25, 0.3) is 0 Å². The molecule has 0 saturated carbocycles. The van der Waals surface area contributed by atoms with Crippen LogP contribution in [-0.2, 0) is 13.6 Å². The Bertz CT molecular complexity index is 472. The van der Waals surface area contributed by atoms with Crippen molar-refractivity contribution in [1.82, 2.24) is 24.4 Å². The Balaban J connectivity index is 2.37. The maximum Gasteiger partial charge on any atom is 0.163 e. The molecule has 0 unspecified atom stereocenters. The third-order valence-electron chi connectivity index (χ3n) is 2.84. The Kier molecular flexibility index (Phi) is 3.14. The van der Waals surface area contributed by atoms with E-state index in [0.717, 1.165) is 36.5 Å². The molecule has 5 heteroatoms. The van der Waals surface area contributed by atoms with Gasteiger partial charge in [0.15, 0.2) is 5.65 Å². The van der Waals surface area contributed by atoms with Gasteiger partial charge in [0.1, 0.15) is 11.8 Å². The summed E-state index contributed by atoms with van der Waals surface area (Å²) in [4.78, 5) is 15.2. The zero-order valence-corrected chi connectivity index (χ0v) is 10.0. The van der Waals surface area contributed by atoms with E-state index >= 15 is 0 Å². The van der Waals surface area contributed by atoms with Crippen LogP contribution in [0.3, 0.4) is 0 Å². The quantitative estimate of drug-likeness (QED) is 0.775. The second-order valence-electron chi connectivity index (χ2n) is 3.81. The minimum absolute atomic E-state index is 0.836. The van der Waals surface area contributed by atoms with Gasteiger partial charge in [0, 0.05) is 13.6 Å². The van der Waals surface area contributed by atoms with E-state index in [9.17, 15) is 0 Å². The van der Waals surface area contributed by atoms with Crippen molar-refractivity contribution in [2.45, 2.75) is 20.4 Å². The van der Waals surface area contributed by atoms with E-state index in [4.69, 9.17) is 0 Å². The molecule has 0 radical (unpaired) electrons. The number of aryl methyl sites for hydroxylation is 1. The monoisotopic (exact) mass is 219 g/mol. The summed E-state index contributed by atoms with van der Waals surface area (Å²) in [5, 5.41) is 0. The molecule has 2 aromatic rings. The van der Waals surface area contributed by atoms with Crippen LogP contribution >= 0.6 is 0 Å². The summed E-state index contributed by atoms with van der Waals surface area (Å²) >= 11 is 0. The van der Waals surface area contributed by atoms with Crippen LogP contribution < -0.4 is 0 Å². The average molecular weight is 219 g/mol. The first kappa shape index (κ1) is 11.0. The highest BCUT2D eigenvalue weighted by molar-refractivity contribution is 5.72. The van der Waals surface area contributed by atoms with Crippen molar-refractivity contribution in [1.29, 1.82) is 0 Å². The molecular weight excluding hydrogens is 202 g/mol. The van der Waals surface area contributed by atoms with E-state index in [2.05, 4.69) is 33.7 Å². The molecule has 2 rings (SSSR count). The number of rotatable bonds is 4. The van der Waals surface area contributed by atoms with Crippen LogP contribution in [0.15, 0.2) is 12.7 Å². The van der Waals surface area contributed by atoms with Gasteiger partial charge >= 0.3 is 0 Å². The molecule has 0 N–H and O–H groups in total. The van der Waals surface area contributed by atoms with E-state index in [1.165, 1.54) is 0 Å². The lowest BCUT2D eigenvalue weighted by atomic mass is 10.3. The lowest BCUT2D eigenvalue weighted by Gasteiger charge is -2.17. The highest BCUT2D eigenvalue weighted by Crippen LogP contribution is 2.13. The van der Waals surface area contributed by atoms with Crippen LogP contribution in [0.2, 0.25) is 0 Å². The fourth-order valence-corrected chi connectivity index (χ4v) is 1.77. The SMILES string of the molecule is CCN(CC)Cc1ncnc2c1ncn2C. The standard InChI is InChI=1S/C11H17N5/c1-4-16(5-2)6-9-10-11(13-7-12-9)15(3)8-14-10/h7-8H,4-6H2,1-3H3. The summed E-state index contributed by atoms with van der Waals surface area (Å²) in [6.07, 6.45) is 3.40. The van der Waals surface area contributed by atoms with Crippen molar-refractivity contribution in [3.8, 4) is 0 Å². The van der Waals surface area contributed by atoms with Crippen molar-refractivity contribution in [2.24, 2.45) is 7.05 Å². The fraction of sp³-hybridized carbons (Fsp3) is 0.545. The lowest BCUT2D eigenvalue weighted by Crippen LogP contribution is -2.23. The molecule has 5 nitrogen and oxygen atoms in total. The van der Waals surface area contributed by atoms with E-state index in [-0.39, 0.29) is 0 Å². The highest BCUT2D eigenvalue weighted by atomic mass is 15.1. The van der Waals surface area contributed by atoms with Crippen LogP contribution in [0.25, 0.3) is 11.2 Å². The number of hydrogen-bond acceptors (Lipinski definition) is 4. The first-order valence-corrected chi connectivity index (χ1v) is 5.59. The maximum atomic E-state index is 4.35. The van der Waals surface area contributed by atoms with Gasteiger partial charge in [-0.3, -0.25) is 4.90 Å². The third-order valence-corrected chi connectivity index (χ3v) is 2.84. The molecule has 0 aliphatic rings. The molecule has 0 bridgehead atoms. The predicted octanol–water partition coefficient (Wildman–Crippen LogP) is 1.21. The number of aromatic nitrogens is 4. The van der Waals surface area contributed by atoms with Gasteiger partial charge in [-0.2, -0.15) is 0 Å². The lowest BCUT2D eigenvalue weighted by molar-refractivity contribution is 0.293. The summed E-state index contributed by atoms with van der Waals surface area (Å²) in [5.41, 5.74) is 2.82. The molecule has 0 fully saturated rings. The fourth-order valence-electron chi connectivity index (χ4n) is 1.77. The first-order chi connectivity index (χ1) is 7.76. The largest absolute Gasteiger partial charge is 0.318 e. The molecule has 0 atom stereocenters. The van der Waals surface area contributed by atoms with Crippen LogP contribution in [-0.4, -0.2) is 37.5 Å². The van der Waals surface area contributed by atoms with Crippen LogP contribution in [0.5, 0.6) is 0 Å². The Morgan fingerprint density at radius 3 is 2.62 bits per heavy atom. The number of hydrogen-bond donors (Lipinski definition) is 0. The molecule has 2 aromatic heterocycles. The zero-order chi connectivity index (χ0) is 11.5. The van der Waals surface area contributed by atoms with E-state index in [1.54, 1.807) is 12.7 Å². The first-order valence-electron chi connectivity index (χ1n) is 5.59. The van der Waals surface area contributed by atoms with E-state index in [0.29, 0.717) is 0 Å². The van der Waals surface area contributed by atoms with E-state index < -0.39 is 0 Å². The molecule has 86 valence electrons. The number of fused-ring (bicyclic) bond motifs is 1. The third kappa shape index (κ3) is 1.90. The van der Waals surface area contributed by atoms with Crippen molar-refractivity contribution >= 4 is 11.2 Å². The van der Waals surface area contributed by atoms with Crippen LogP contribution in [0.4, 0.5) is 0 Å². The summed E-state index contributed by atoms with van der Waals surface area (Å²) < 4.78 is 1.92. The topological polar surface area (TPSA) is 46.8 Å². The smallest absolute Gasteiger partial charge is 0.163 e. The Labute approximate surface area is 95.1 Å². The molecule has 0 amide bonds. The van der Waals surface area contributed by atoms with Crippen molar-refractivity contribution in [2.75, 3.05) is 13.1 Å². The van der Waals surface area contributed by atoms with Gasteiger partial charge in [-0.05, 0) is 13.1 Å². The van der Waals surface area contributed by atoms with Gasteiger partial charge in [-0.1, -0.05) is 13.8 Å². The molecule has 0 saturated heterocycles. The Morgan fingerprint density at radius 1 is 1.19 bits per heavy atom. The summed E-state index contributed by atoms with van der Waals surface area (Å²) in [6.45, 7) is 7.19. The van der Waals surface area contributed by atoms with Gasteiger partial charge < -0.3 is 4.57 Å². The predicted molar refractivity (Wildman–Crippen MR) is 62.9 cm³/mol. The number of nitrogens with zero attached hydrogens (tertiary/aromatic N) is 5. The molecule has 2 heterocycles. The minimum atomic E-state index is 0.836. The van der Waals surface area contributed by atoms with Gasteiger partial charge in [-0.25, -0.2) is 15.0 Å². The molecule has 0 aromatic carbocycles. The highest BCUT2D eigenvalue weighted by Gasteiger charge is 2.10. The van der Waals surface area contributed by atoms with E-state index in [1.807, 2.05) is 11.6 Å². The maximum absolute atomic E-state index is 4.35. The van der Waals surface area contributed by atoms with Crippen LogP contribution in [0.1, 0.15) is 19.5 Å². The summed E-state index contributed by atoms with van der Waals surface area (Å²) in [6, 6.07) is 0. The van der Waals surface area contributed by atoms with Gasteiger partial charge in [0.05, 0.1) is 12.0 Å². The minimum Gasteiger partial charge on any atom is -0.318 e. The number of imidazole rings is 1. The van der Waals surface area contributed by atoms with Crippen molar-refractivity contribution in [3.05, 3.63) is 18.3 Å². The Morgan fingerprint density at radius 2 is 1.94 bits per heavy atom. The van der Waals surface area contributed by atoms with Gasteiger partial charge in [-0.15, -0.1) is 0 Å². The molecule has 0 aliphatic heterocycles. The molecule has 0 spiro atoms. The summed E-state index contributed by atoms with van der Waals surface area (Å²) in [5.74, 6) is 0. The molecule has 0 aliphatic carbocycles. The average Bonchev–Trinajstić information content (AvgIpc) is 2.69. The van der Waals surface area contributed by atoms with Crippen molar-refractivity contribution in [3.63, 3.8) is 0 Å². The Hall–Kier alpha value is -1.49. The summed E-state index contributed by atoms with van der Waals surface area (Å²) in [7, 11) is 1.95. The normalized spacial score (nSPS) is 11.5. The second kappa shape index (κ2) is 4.57.